The van der Waals surface area contributed by atoms with E-state index in [1.807, 2.05) is 42.6 Å². The van der Waals surface area contributed by atoms with Crippen molar-refractivity contribution in [2.24, 2.45) is 11.8 Å². The van der Waals surface area contributed by atoms with Gasteiger partial charge in [0, 0.05) is 25.6 Å². The zero-order chi connectivity index (χ0) is 24.4. The van der Waals surface area contributed by atoms with Crippen LogP contribution < -0.4 is 11.2 Å². The number of carbonyl (C=O) groups excluding carboxylic acids is 1. The lowest BCUT2D eigenvalue weighted by Crippen LogP contribution is -2.42. The minimum Gasteiger partial charge on any atom is -0.342 e. The first-order valence-electron chi connectivity index (χ1n) is 13.1. The highest BCUT2D eigenvalue weighted by atomic mass is 32.1. The summed E-state index contributed by atoms with van der Waals surface area (Å²) in [7, 11) is 0. The first-order valence-corrected chi connectivity index (χ1v) is 13.9. The van der Waals surface area contributed by atoms with Crippen LogP contribution in [0.3, 0.4) is 0 Å². The number of aryl methyl sites for hydroxylation is 1. The highest BCUT2D eigenvalue weighted by Gasteiger charge is 2.30. The molecule has 186 valence electrons. The van der Waals surface area contributed by atoms with Crippen molar-refractivity contribution in [2.45, 2.75) is 71.4 Å². The molecule has 1 amide bonds. The maximum absolute atomic E-state index is 13.6. The maximum atomic E-state index is 13.6. The summed E-state index contributed by atoms with van der Waals surface area (Å²) in [6.45, 7) is 4.73. The van der Waals surface area contributed by atoms with Crippen LogP contribution in [0, 0.1) is 18.8 Å². The smallest absolute Gasteiger partial charge is 0.331 e. The van der Waals surface area contributed by atoms with Gasteiger partial charge in [-0.15, -0.1) is 11.3 Å². The fourth-order valence-corrected chi connectivity index (χ4v) is 6.65. The van der Waals surface area contributed by atoms with Crippen molar-refractivity contribution in [1.82, 2.24) is 14.0 Å². The van der Waals surface area contributed by atoms with Gasteiger partial charge < -0.3 is 4.90 Å². The van der Waals surface area contributed by atoms with Crippen LogP contribution in [0.15, 0.2) is 45.3 Å². The number of fused-ring (bicyclic) bond motifs is 1. The van der Waals surface area contributed by atoms with Gasteiger partial charge in [-0.05, 0) is 73.9 Å². The lowest BCUT2D eigenvalue weighted by Gasteiger charge is -2.32. The summed E-state index contributed by atoms with van der Waals surface area (Å²) in [5, 5.41) is 1.89. The lowest BCUT2D eigenvalue weighted by molar-refractivity contribution is -0.136. The van der Waals surface area contributed by atoms with Gasteiger partial charge in [0.2, 0.25) is 5.91 Å². The van der Waals surface area contributed by atoms with E-state index in [1.54, 1.807) is 4.57 Å². The van der Waals surface area contributed by atoms with Crippen molar-refractivity contribution < 1.29 is 4.79 Å². The maximum Gasteiger partial charge on any atom is 0.331 e. The number of rotatable bonds is 5. The third kappa shape index (κ3) is 5.01. The third-order valence-electron chi connectivity index (χ3n) is 7.98. The number of likely N-dealkylation sites (tertiary alicyclic amines) is 1. The number of amides is 1. The Morgan fingerprint density at radius 3 is 2.37 bits per heavy atom. The van der Waals surface area contributed by atoms with Crippen LogP contribution in [0.1, 0.15) is 62.5 Å². The Labute approximate surface area is 210 Å². The molecule has 7 heteroatoms. The minimum atomic E-state index is -0.230. The van der Waals surface area contributed by atoms with Crippen LogP contribution in [0.4, 0.5) is 0 Å². The van der Waals surface area contributed by atoms with Crippen molar-refractivity contribution in [3.8, 4) is 0 Å². The summed E-state index contributed by atoms with van der Waals surface area (Å²) in [6.07, 6.45) is 8.16. The number of aromatic nitrogens is 2. The topological polar surface area (TPSA) is 64.3 Å². The predicted octanol–water partition coefficient (Wildman–Crippen LogP) is 4.79. The average molecular weight is 494 g/mol. The number of benzene rings is 1. The van der Waals surface area contributed by atoms with Gasteiger partial charge in [0.15, 0.2) is 0 Å². The van der Waals surface area contributed by atoms with Gasteiger partial charge in [-0.3, -0.25) is 18.7 Å². The van der Waals surface area contributed by atoms with Crippen molar-refractivity contribution in [1.29, 1.82) is 0 Å². The van der Waals surface area contributed by atoms with Crippen LogP contribution >= 0.6 is 11.3 Å². The monoisotopic (exact) mass is 493 g/mol. The van der Waals surface area contributed by atoms with Gasteiger partial charge in [-0.25, -0.2) is 4.79 Å². The molecule has 0 bridgehead atoms. The molecule has 1 aliphatic heterocycles. The number of carbonyl (C=O) groups is 1. The molecule has 3 heterocycles. The van der Waals surface area contributed by atoms with Crippen LogP contribution in [0.2, 0.25) is 0 Å². The predicted molar refractivity (Wildman–Crippen MR) is 141 cm³/mol. The minimum absolute atomic E-state index is 0.0959. The highest BCUT2D eigenvalue weighted by molar-refractivity contribution is 7.17. The molecule has 0 spiro atoms. The van der Waals surface area contributed by atoms with E-state index in [0.717, 1.165) is 68.3 Å². The van der Waals surface area contributed by atoms with Crippen molar-refractivity contribution in [3.63, 3.8) is 0 Å². The molecule has 3 aromatic rings. The Hall–Kier alpha value is -2.67. The van der Waals surface area contributed by atoms with E-state index in [1.165, 1.54) is 28.7 Å². The second-order valence-electron chi connectivity index (χ2n) is 10.3. The number of thiophene rings is 1. The molecule has 0 unspecified atom stereocenters. The molecule has 2 aromatic heterocycles. The number of hydrogen-bond donors (Lipinski definition) is 0. The molecule has 0 atom stereocenters. The molecule has 35 heavy (non-hydrogen) atoms. The van der Waals surface area contributed by atoms with E-state index >= 15 is 0 Å². The third-order valence-corrected chi connectivity index (χ3v) is 8.87. The highest BCUT2D eigenvalue weighted by Crippen LogP contribution is 2.31. The van der Waals surface area contributed by atoms with E-state index < -0.39 is 0 Å². The van der Waals surface area contributed by atoms with Crippen molar-refractivity contribution in [2.75, 3.05) is 13.1 Å². The zero-order valence-corrected chi connectivity index (χ0v) is 21.4. The van der Waals surface area contributed by atoms with E-state index in [4.69, 9.17) is 0 Å². The van der Waals surface area contributed by atoms with E-state index in [0.29, 0.717) is 23.7 Å². The summed E-state index contributed by atoms with van der Waals surface area (Å²) >= 11 is 1.41. The normalized spacial score (nSPS) is 21.2. The Kier molecular flexibility index (Phi) is 7.23. The number of nitrogens with zero attached hydrogens (tertiary/aromatic N) is 3. The fourth-order valence-electron chi connectivity index (χ4n) is 5.80. The molecule has 2 aliphatic rings. The molecular formula is C28H35N3O3S. The Bertz CT molecular complexity index is 1300. The van der Waals surface area contributed by atoms with Gasteiger partial charge in [-0.2, -0.15) is 0 Å². The molecule has 6 nitrogen and oxygen atoms in total. The lowest BCUT2D eigenvalue weighted by atomic mass is 9.81. The van der Waals surface area contributed by atoms with Gasteiger partial charge >= 0.3 is 5.69 Å². The van der Waals surface area contributed by atoms with Crippen LogP contribution in [-0.4, -0.2) is 33.0 Å². The first-order chi connectivity index (χ1) is 17.0. The van der Waals surface area contributed by atoms with E-state index in [2.05, 4.69) is 4.90 Å². The molecule has 1 aromatic carbocycles. The van der Waals surface area contributed by atoms with Gasteiger partial charge in [0.25, 0.3) is 5.56 Å². The summed E-state index contributed by atoms with van der Waals surface area (Å²) < 4.78 is 3.85. The van der Waals surface area contributed by atoms with Crippen molar-refractivity contribution in [3.05, 3.63) is 67.7 Å². The summed E-state index contributed by atoms with van der Waals surface area (Å²) in [5.41, 5.74) is 2.53. The molecule has 2 fully saturated rings. The fraction of sp³-hybridized carbons (Fsp3) is 0.536. The molecule has 5 rings (SSSR count). The Morgan fingerprint density at radius 2 is 1.66 bits per heavy atom. The molecule has 1 saturated carbocycles. The van der Waals surface area contributed by atoms with Crippen molar-refractivity contribution >= 4 is 27.5 Å². The molecule has 1 saturated heterocycles. The molecule has 1 aliphatic carbocycles. The molecule has 0 radical (unpaired) electrons. The second-order valence-corrected chi connectivity index (χ2v) is 11.2. The zero-order valence-electron chi connectivity index (χ0n) is 20.6. The van der Waals surface area contributed by atoms with Gasteiger partial charge in [0.1, 0.15) is 4.70 Å². The number of hydrogen-bond acceptors (Lipinski definition) is 4. The van der Waals surface area contributed by atoms with Crippen LogP contribution in [0.5, 0.6) is 0 Å². The van der Waals surface area contributed by atoms with E-state index in [9.17, 15) is 14.4 Å². The largest absolute Gasteiger partial charge is 0.342 e. The Balaban J connectivity index is 1.34. The van der Waals surface area contributed by atoms with E-state index in [-0.39, 0.29) is 23.1 Å². The summed E-state index contributed by atoms with van der Waals surface area (Å²) in [6, 6.07) is 9.95. The van der Waals surface area contributed by atoms with Crippen LogP contribution in [-0.2, 0) is 17.9 Å². The SMILES string of the molecule is Cc1ccccc1Cn1c(=O)n(CC2CCC(C(=O)N3CCCCCC3)CC2)c(=O)c2sccc21. The Morgan fingerprint density at radius 1 is 0.943 bits per heavy atom. The second kappa shape index (κ2) is 10.5. The van der Waals surface area contributed by atoms with Gasteiger partial charge in [0.05, 0.1) is 12.1 Å². The standard InChI is InChI=1S/C28H35N3O3S/c1-20-8-4-5-9-23(20)19-30-24-14-17-35-25(24)27(33)31(28(30)34)18-21-10-12-22(13-11-21)26(32)29-15-6-2-3-7-16-29/h4-5,8-9,14,17,21-22H,2-3,6-7,10-13,15-16,18-19H2,1H3. The molecular weight excluding hydrogens is 458 g/mol. The average Bonchev–Trinajstić information content (AvgIpc) is 3.20. The van der Waals surface area contributed by atoms with Gasteiger partial charge in [-0.1, -0.05) is 37.1 Å². The molecule has 0 N–H and O–H groups in total. The van der Waals surface area contributed by atoms with Crippen LogP contribution in [0.25, 0.3) is 10.2 Å². The summed E-state index contributed by atoms with van der Waals surface area (Å²) in [5.74, 6) is 0.666. The first kappa shape index (κ1) is 24.0. The quantitative estimate of drug-likeness (QED) is 0.513. The summed E-state index contributed by atoms with van der Waals surface area (Å²) in [4.78, 5) is 42.0.